The third kappa shape index (κ3) is 19.8. The first-order chi connectivity index (χ1) is 17.3. The molecule has 0 heterocycles. The molecular weight excluding hydrogens is 573 g/mol. The summed E-state index contributed by atoms with van der Waals surface area (Å²) in [6, 6.07) is 19.4. The van der Waals surface area contributed by atoms with E-state index in [1.54, 1.807) is 0 Å². The van der Waals surface area contributed by atoms with Gasteiger partial charge >= 0.3 is 64.1 Å². The van der Waals surface area contributed by atoms with Crippen molar-refractivity contribution >= 4 is 26.2 Å². The summed E-state index contributed by atoms with van der Waals surface area (Å²) in [7, 11) is 0.525. The Kier molecular flexibility index (Phi) is 23.9. The van der Waals surface area contributed by atoms with Crippen LogP contribution in [-0.2, 0) is 17.9 Å². The van der Waals surface area contributed by atoms with Crippen molar-refractivity contribution in [2.24, 2.45) is 0 Å². The average Bonchev–Trinajstić information content (AvgIpc) is 2.80. The Hall–Kier alpha value is -0.867. The van der Waals surface area contributed by atoms with E-state index in [4.69, 9.17) is 6.42 Å². The van der Waals surface area contributed by atoms with E-state index in [2.05, 4.69) is 111 Å². The molecule has 0 bridgehead atoms. The fourth-order valence-corrected chi connectivity index (χ4v) is 12.1. The van der Waals surface area contributed by atoms with Crippen molar-refractivity contribution in [3.05, 3.63) is 78.2 Å². The summed E-state index contributed by atoms with van der Waals surface area (Å²) in [5.74, 6) is 2.28. The molecule has 0 nitrogen and oxygen atoms in total. The molecule has 37 heavy (non-hydrogen) atoms. The van der Waals surface area contributed by atoms with Gasteiger partial charge in [-0.15, -0.1) is 17.7 Å². The Morgan fingerprint density at radius 2 is 0.865 bits per heavy atom. The normalized spacial score (nSPS) is 10.5. The molecule has 0 unspecified atom stereocenters. The van der Waals surface area contributed by atoms with Gasteiger partial charge in [0.15, 0.2) is 0 Å². The third-order valence-corrected chi connectivity index (χ3v) is 12.9. The average molecular weight is 627 g/mol. The first-order valence-corrected chi connectivity index (χ1v) is 17.5. The molecule has 0 aromatic heterocycles. The fraction of sp³-hybridized carbons (Fsp3) is 0.529. The van der Waals surface area contributed by atoms with Crippen molar-refractivity contribution in [3.8, 4) is 5.92 Å². The Morgan fingerprint density at radius 1 is 0.568 bits per heavy atom. The molecule has 0 amide bonds. The van der Waals surface area contributed by atoms with Gasteiger partial charge in [0.05, 0.1) is 0 Å². The second-order valence-electron chi connectivity index (χ2n) is 10.6. The number of benzene rings is 2. The summed E-state index contributed by atoms with van der Waals surface area (Å²) >= 11 is 2.59. The van der Waals surface area contributed by atoms with Gasteiger partial charge in [0.2, 0.25) is 0 Å². The van der Waals surface area contributed by atoms with E-state index in [9.17, 15) is 0 Å². The summed E-state index contributed by atoms with van der Waals surface area (Å²) in [5.41, 5.74) is 7.40. The van der Waals surface area contributed by atoms with Crippen molar-refractivity contribution in [3.63, 3.8) is 0 Å². The van der Waals surface area contributed by atoms with Gasteiger partial charge in [-0.05, 0) is 34.0 Å². The molecule has 0 atom stereocenters. The molecule has 0 aliphatic carbocycles. The molecule has 0 saturated heterocycles. The molecule has 2 aromatic rings. The van der Waals surface area contributed by atoms with Gasteiger partial charge in [0.25, 0.3) is 0 Å². The second-order valence-corrected chi connectivity index (χ2v) is 19.1. The van der Waals surface area contributed by atoms with Gasteiger partial charge in [-0.2, -0.15) is 0 Å². The van der Waals surface area contributed by atoms with E-state index in [0.29, 0.717) is 0 Å². The SMILES string of the molecule is CC(C)P(C(C)C)C(C)C.CC(C)P(C(C)C)C(C)C.[C-]#Cc1ccccc1.[Rh]=[C]=Cc1ccccc1. The molecule has 0 aliphatic heterocycles. The number of hydrogen-bond acceptors (Lipinski definition) is 0. The molecule has 0 N–H and O–H groups in total. The number of hydrogen-bond donors (Lipinski definition) is 0. The third-order valence-electron chi connectivity index (χ3n) is 5.51. The molecule has 0 spiro atoms. The van der Waals surface area contributed by atoms with Crippen LogP contribution in [0.5, 0.6) is 0 Å². The number of rotatable bonds is 7. The van der Waals surface area contributed by atoms with E-state index in [1.807, 2.05) is 66.7 Å². The predicted molar refractivity (Wildman–Crippen MR) is 173 cm³/mol. The van der Waals surface area contributed by atoms with Crippen LogP contribution in [0.4, 0.5) is 0 Å². The summed E-state index contributed by atoms with van der Waals surface area (Å²) in [4.78, 5) is 0. The van der Waals surface area contributed by atoms with Crippen LogP contribution in [0.2, 0.25) is 0 Å². The van der Waals surface area contributed by atoms with E-state index < -0.39 is 0 Å². The minimum atomic E-state index is 0.262. The molecule has 0 aliphatic rings. The Bertz CT molecular complexity index is 809. The molecule has 2 aromatic carbocycles. The molecule has 2 rings (SSSR count). The Morgan fingerprint density at radius 3 is 1.05 bits per heavy atom. The zero-order valence-corrected chi connectivity index (χ0v) is 29.0. The van der Waals surface area contributed by atoms with Gasteiger partial charge in [-0.3, -0.25) is 5.92 Å². The van der Waals surface area contributed by atoms with Gasteiger partial charge in [-0.1, -0.05) is 117 Å². The van der Waals surface area contributed by atoms with Gasteiger partial charge in [0.1, 0.15) is 0 Å². The van der Waals surface area contributed by atoms with E-state index in [1.165, 1.54) is 5.56 Å². The maximum absolute atomic E-state index is 6.69. The van der Waals surface area contributed by atoms with Crippen molar-refractivity contribution in [2.45, 2.75) is 117 Å². The molecule has 0 saturated carbocycles. The van der Waals surface area contributed by atoms with Crippen LogP contribution in [0.25, 0.3) is 6.08 Å². The van der Waals surface area contributed by atoms with E-state index in [0.717, 1.165) is 39.5 Å². The topological polar surface area (TPSA) is 0 Å². The summed E-state index contributed by atoms with van der Waals surface area (Å²) in [5, 5.41) is 0. The van der Waals surface area contributed by atoms with Gasteiger partial charge in [0, 0.05) is 0 Å². The predicted octanol–water partition coefficient (Wildman–Crippen LogP) is 10.7. The van der Waals surface area contributed by atoms with Gasteiger partial charge in [-0.25, -0.2) is 0 Å². The van der Waals surface area contributed by atoms with E-state index >= 15 is 0 Å². The van der Waals surface area contributed by atoms with Crippen molar-refractivity contribution in [2.75, 3.05) is 0 Å². The Balaban J connectivity index is 0. The van der Waals surface area contributed by atoms with Crippen LogP contribution in [-0.4, -0.2) is 38.2 Å². The molecule has 0 fully saturated rings. The summed E-state index contributed by atoms with van der Waals surface area (Å²) in [6.45, 7) is 28.2. The van der Waals surface area contributed by atoms with Crippen LogP contribution in [0.3, 0.4) is 0 Å². The molecule has 209 valence electrons. The van der Waals surface area contributed by atoms with Crippen LogP contribution < -0.4 is 0 Å². The zero-order valence-electron chi connectivity index (χ0n) is 25.5. The van der Waals surface area contributed by atoms with Crippen molar-refractivity contribution < 1.29 is 17.9 Å². The van der Waals surface area contributed by atoms with E-state index in [-0.39, 0.29) is 15.8 Å². The Labute approximate surface area is 244 Å². The molecule has 0 radical (unpaired) electrons. The van der Waals surface area contributed by atoms with Crippen LogP contribution in [0.15, 0.2) is 60.7 Å². The maximum atomic E-state index is 6.69. The van der Waals surface area contributed by atoms with Crippen LogP contribution in [0.1, 0.15) is 94.2 Å². The van der Waals surface area contributed by atoms with Crippen molar-refractivity contribution in [1.82, 2.24) is 0 Å². The van der Waals surface area contributed by atoms with Crippen molar-refractivity contribution in [1.29, 1.82) is 0 Å². The second kappa shape index (κ2) is 23.1. The zero-order chi connectivity index (χ0) is 29.0. The monoisotopic (exact) mass is 626 g/mol. The minimum absolute atomic E-state index is 0.262. The van der Waals surface area contributed by atoms with Crippen LogP contribution >= 0.6 is 15.8 Å². The first kappa shape index (κ1) is 38.3. The quantitative estimate of drug-likeness (QED) is 0.124. The molecular formula is C34H53P2Rh-. The first-order valence-electron chi connectivity index (χ1n) is 13.5. The summed E-state index contributed by atoms with van der Waals surface area (Å²) in [6.07, 6.45) is 8.60. The van der Waals surface area contributed by atoms with Crippen LogP contribution in [0, 0.1) is 12.3 Å². The fourth-order valence-electron chi connectivity index (χ4n) is 4.70. The van der Waals surface area contributed by atoms with Gasteiger partial charge < -0.3 is 6.42 Å². The molecule has 3 heteroatoms. The summed E-state index contributed by atoms with van der Waals surface area (Å²) < 4.78 is 2.85. The standard InChI is InChI=1S/2C9H21P.C8H6.C8H5.Rh/c2*1-7(2)10(8(3)4)9(5)6;2*1-2-8-6-4-3-5-7-8;/h2*7-9H,1-6H3;2-7H;3-7H;/q;;;-1;.